The lowest BCUT2D eigenvalue weighted by Crippen LogP contribution is -2.32. The van der Waals surface area contributed by atoms with Crippen LogP contribution in [-0.4, -0.2) is 36.3 Å². The predicted octanol–water partition coefficient (Wildman–Crippen LogP) is 3.73. The van der Waals surface area contributed by atoms with Crippen molar-refractivity contribution in [1.82, 2.24) is 8.87 Å². The van der Waals surface area contributed by atoms with E-state index in [-0.39, 0.29) is 15.3 Å². The first-order chi connectivity index (χ1) is 14.8. The third-order valence-electron chi connectivity index (χ3n) is 5.68. The van der Waals surface area contributed by atoms with Crippen molar-refractivity contribution in [2.75, 3.05) is 18.4 Å². The fourth-order valence-electron chi connectivity index (χ4n) is 3.86. The summed E-state index contributed by atoms with van der Waals surface area (Å²) in [4.78, 5) is 24.8. The third-order valence-corrected chi connectivity index (χ3v) is 8.72. The highest BCUT2D eigenvalue weighted by molar-refractivity contribution is 7.89. The van der Waals surface area contributed by atoms with Crippen molar-refractivity contribution >= 4 is 43.2 Å². The zero-order valence-corrected chi connectivity index (χ0v) is 19.2. The van der Waals surface area contributed by atoms with Crippen LogP contribution < -0.4 is 10.2 Å². The molecule has 7 nitrogen and oxygen atoms in total. The lowest BCUT2D eigenvalue weighted by molar-refractivity contribution is 0.102. The van der Waals surface area contributed by atoms with Gasteiger partial charge in [0.05, 0.1) is 15.1 Å². The summed E-state index contributed by atoms with van der Waals surface area (Å²) < 4.78 is 30.4. The molecule has 2 aromatic carbocycles. The van der Waals surface area contributed by atoms with E-state index in [2.05, 4.69) is 5.32 Å². The number of hydrogen-bond acceptors (Lipinski definition) is 5. The number of nitrogens with zero attached hydrogens (tertiary/aromatic N) is 2. The standard InChI is InChI=1S/C22H25N3O4S2/c1-15-7-8-16(13-20(15)31(28,29)25-11-5-3-4-6-12-25)21(26)23-17-9-10-18-19(14-17)30-22(27)24(18)2/h7-10,13-14H,3-6,11-12H2,1-2H3,(H,23,26). The molecule has 164 valence electrons. The highest BCUT2D eigenvalue weighted by Crippen LogP contribution is 2.25. The van der Waals surface area contributed by atoms with E-state index >= 15 is 0 Å². The van der Waals surface area contributed by atoms with Crippen LogP contribution >= 0.6 is 11.3 Å². The van der Waals surface area contributed by atoms with Gasteiger partial charge in [0.1, 0.15) is 0 Å². The largest absolute Gasteiger partial charge is 0.322 e. The molecule has 1 amide bonds. The zero-order chi connectivity index (χ0) is 22.2. The number of fused-ring (bicyclic) bond motifs is 1. The van der Waals surface area contributed by atoms with Crippen molar-refractivity contribution in [3.63, 3.8) is 0 Å². The van der Waals surface area contributed by atoms with Crippen LogP contribution in [-0.2, 0) is 17.1 Å². The summed E-state index contributed by atoms with van der Waals surface area (Å²) in [6, 6.07) is 10.0. The van der Waals surface area contributed by atoms with E-state index in [0.29, 0.717) is 24.3 Å². The number of amides is 1. The van der Waals surface area contributed by atoms with Gasteiger partial charge in [0.2, 0.25) is 10.0 Å². The van der Waals surface area contributed by atoms with Gasteiger partial charge in [-0.15, -0.1) is 0 Å². The molecule has 0 aliphatic carbocycles. The molecule has 1 saturated heterocycles. The Bertz CT molecular complexity index is 1300. The van der Waals surface area contributed by atoms with Gasteiger partial charge in [-0.25, -0.2) is 8.42 Å². The summed E-state index contributed by atoms with van der Waals surface area (Å²) in [6.45, 7) is 2.77. The average molecular weight is 460 g/mol. The molecule has 2 heterocycles. The second-order valence-electron chi connectivity index (χ2n) is 7.86. The van der Waals surface area contributed by atoms with Gasteiger partial charge in [0.15, 0.2) is 0 Å². The van der Waals surface area contributed by atoms with Crippen LogP contribution in [0.15, 0.2) is 46.1 Å². The van der Waals surface area contributed by atoms with Crippen molar-refractivity contribution in [3.8, 4) is 0 Å². The number of nitrogens with one attached hydrogen (secondary N) is 1. The van der Waals surface area contributed by atoms with Crippen molar-refractivity contribution in [1.29, 1.82) is 0 Å². The number of aromatic nitrogens is 1. The molecule has 0 unspecified atom stereocenters. The lowest BCUT2D eigenvalue weighted by atomic mass is 10.1. The van der Waals surface area contributed by atoms with Gasteiger partial charge < -0.3 is 9.88 Å². The molecule has 4 rings (SSSR count). The fraction of sp³-hybridized carbons (Fsp3) is 0.364. The minimum Gasteiger partial charge on any atom is -0.322 e. The van der Waals surface area contributed by atoms with Crippen molar-refractivity contribution < 1.29 is 13.2 Å². The number of hydrogen-bond donors (Lipinski definition) is 1. The monoisotopic (exact) mass is 459 g/mol. The Morgan fingerprint density at radius 3 is 2.45 bits per heavy atom. The summed E-state index contributed by atoms with van der Waals surface area (Å²) in [5.41, 5.74) is 2.25. The number of aryl methyl sites for hydroxylation is 2. The second kappa shape index (κ2) is 8.57. The van der Waals surface area contributed by atoms with Gasteiger partial charge in [-0.2, -0.15) is 4.31 Å². The maximum Gasteiger partial charge on any atom is 0.307 e. The summed E-state index contributed by atoms with van der Waals surface area (Å²) >= 11 is 1.11. The summed E-state index contributed by atoms with van der Waals surface area (Å²) in [5.74, 6) is -0.394. The molecule has 1 aliphatic rings. The van der Waals surface area contributed by atoms with Gasteiger partial charge in [-0.1, -0.05) is 30.2 Å². The lowest BCUT2D eigenvalue weighted by Gasteiger charge is -2.21. The van der Waals surface area contributed by atoms with Crippen LogP contribution in [0.3, 0.4) is 0 Å². The van der Waals surface area contributed by atoms with Crippen molar-refractivity contribution in [2.24, 2.45) is 7.05 Å². The van der Waals surface area contributed by atoms with Gasteiger partial charge >= 0.3 is 4.87 Å². The third kappa shape index (κ3) is 4.30. The summed E-state index contributed by atoms with van der Waals surface area (Å²) in [5, 5.41) is 2.81. The van der Waals surface area contributed by atoms with E-state index < -0.39 is 15.9 Å². The molecule has 9 heteroatoms. The number of carbonyl (C=O) groups is 1. The van der Waals surface area contributed by atoms with E-state index in [0.717, 1.165) is 47.2 Å². The molecule has 0 bridgehead atoms. The van der Waals surface area contributed by atoms with Crippen LogP contribution in [0.5, 0.6) is 0 Å². The maximum absolute atomic E-state index is 13.2. The van der Waals surface area contributed by atoms with Gasteiger partial charge in [-0.3, -0.25) is 9.59 Å². The zero-order valence-electron chi connectivity index (χ0n) is 17.6. The van der Waals surface area contributed by atoms with Gasteiger partial charge in [0.25, 0.3) is 5.91 Å². The molecule has 1 aromatic heterocycles. The fourth-order valence-corrected chi connectivity index (χ4v) is 6.54. The minimum absolute atomic E-state index is 0.0691. The molecule has 3 aromatic rings. The summed E-state index contributed by atoms with van der Waals surface area (Å²) in [6.07, 6.45) is 3.78. The van der Waals surface area contributed by atoms with E-state index in [9.17, 15) is 18.0 Å². The molecule has 1 fully saturated rings. The molecule has 31 heavy (non-hydrogen) atoms. The number of anilines is 1. The van der Waals surface area contributed by atoms with Gasteiger partial charge in [-0.05, 0) is 55.7 Å². The molecule has 1 aliphatic heterocycles. The van der Waals surface area contributed by atoms with Crippen molar-refractivity contribution in [2.45, 2.75) is 37.5 Å². The number of carbonyl (C=O) groups excluding carboxylic acids is 1. The Morgan fingerprint density at radius 2 is 1.74 bits per heavy atom. The predicted molar refractivity (Wildman–Crippen MR) is 123 cm³/mol. The average Bonchev–Trinajstić information content (AvgIpc) is 2.93. The molecule has 1 N–H and O–H groups in total. The van der Waals surface area contributed by atoms with E-state index in [1.165, 1.54) is 10.4 Å². The van der Waals surface area contributed by atoms with Crippen LogP contribution in [0, 0.1) is 6.92 Å². The first-order valence-corrected chi connectivity index (χ1v) is 12.5. The molecule has 0 spiro atoms. The number of benzene rings is 2. The number of sulfonamides is 1. The smallest absolute Gasteiger partial charge is 0.307 e. The molecule has 0 saturated carbocycles. The number of rotatable bonds is 4. The molecule has 0 radical (unpaired) electrons. The Morgan fingerprint density at radius 1 is 1.03 bits per heavy atom. The van der Waals surface area contributed by atoms with E-state index in [4.69, 9.17) is 0 Å². The van der Waals surface area contributed by atoms with Gasteiger partial charge in [0, 0.05) is 31.4 Å². The summed E-state index contributed by atoms with van der Waals surface area (Å²) in [7, 11) is -1.95. The van der Waals surface area contributed by atoms with Crippen LogP contribution in [0.25, 0.3) is 10.2 Å². The molecule has 0 atom stereocenters. The maximum atomic E-state index is 13.2. The Hall–Kier alpha value is -2.49. The Kier molecular flexibility index (Phi) is 6.00. The topological polar surface area (TPSA) is 88.5 Å². The SMILES string of the molecule is Cc1ccc(C(=O)Nc2ccc3c(c2)sc(=O)n3C)cc1S(=O)(=O)N1CCCCCC1. The second-order valence-corrected chi connectivity index (χ2v) is 10.8. The van der Waals surface area contributed by atoms with Crippen LogP contribution in [0.1, 0.15) is 41.6 Å². The Balaban J connectivity index is 1.61. The highest BCUT2D eigenvalue weighted by atomic mass is 32.2. The highest BCUT2D eigenvalue weighted by Gasteiger charge is 2.27. The minimum atomic E-state index is -3.66. The first kappa shape index (κ1) is 21.7. The van der Waals surface area contributed by atoms with Crippen LogP contribution in [0.2, 0.25) is 0 Å². The molecular weight excluding hydrogens is 434 g/mol. The van der Waals surface area contributed by atoms with E-state index in [1.54, 1.807) is 48.9 Å². The molecular formula is C22H25N3O4S2. The normalized spacial score (nSPS) is 15.7. The van der Waals surface area contributed by atoms with Crippen LogP contribution in [0.4, 0.5) is 5.69 Å². The van der Waals surface area contributed by atoms with E-state index in [1.807, 2.05) is 0 Å². The first-order valence-electron chi connectivity index (χ1n) is 10.3. The number of thiazole rings is 1. The van der Waals surface area contributed by atoms with Crippen molar-refractivity contribution in [3.05, 3.63) is 57.2 Å². The Labute approximate surface area is 185 Å². The quantitative estimate of drug-likeness (QED) is 0.644.